The van der Waals surface area contributed by atoms with Crippen LogP contribution in [0.3, 0.4) is 0 Å². The van der Waals surface area contributed by atoms with Gasteiger partial charge in [0, 0.05) is 17.2 Å². The number of nitrogens with one attached hydrogen (secondary N) is 1. The number of rotatable bonds is 5. The zero-order valence-corrected chi connectivity index (χ0v) is 11.4. The molecule has 0 aromatic carbocycles. The average Bonchev–Trinajstić information content (AvgIpc) is 2.91. The van der Waals surface area contributed by atoms with Gasteiger partial charge in [-0.25, -0.2) is 4.98 Å². The lowest BCUT2D eigenvalue weighted by molar-refractivity contribution is -0.142. The molecule has 1 saturated heterocycles. The standard InChI is InChI=1S/C11H16N2O2S2/c1-2-15-10(14)5-9-7-17-11(13-9)12-8-3-4-16-6-8/h7-8H,2-6H2,1H3,(H,12,13). The third-order valence-corrected chi connectivity index (χ3v) is 4.42. The minimum Gasteiger partial charge on any atom is -0.466 e. The highest BCUT2D eigenvalue weighted by molar-refractivity contribution is 7.99. The van der Waals surface area contributed by atoms with Crippen LogP contribution < -0.4 is 5.32 Å². The molecule has 0 amide bonds. The van der Waals surface area contributed by atoms with Gasteiger partial charge in [-0.1, -0.05) is 0 Å². The Morgan fingerprint density at radius 1 is 1.71 bits per heavy atom. The summed E-state index contributed by atoms with van der Waals surface area (Å²) in [7, 11) is 0. The van der Waals surface area contributed by atoms with Gasteiger partial charge in [-0.05, 0) is 19.1 Å². The fraction of sp³-hybridized carbons (Fsp3) is 0.636. The van der Waals surface area contributed by atoms with Crippen LogP contribution in [-0.4, -0.2) is 35.1 Å². The number of thioether (sulfide) groups is 1. The number of thiazole rings is 1. The van der Waals surface area contributed by atoms with E-state index in [0.717, 1.165) is 16.6 Å². The zero-order chi connectivity index (χ0) is 12.1. The normalized spacial score (nSPS) is 19.2. The molecule has 2 rings (SSSR count). The Morgan fingerprint density at radius 3 is 3.29 bits per heavy atom. The van der Waals surface area contributed by atoms with Crippen molar-refractivity contribution in [1.29, 1.82) is 0 Å². The van der Waals surface area contributed by atoms with Crippen LogP contribution in [0.2, 0.25) is 0 Å². The van der Waals surface area contributed by atoms with Gasteiger partial charge in [0.2, 0.25) is 0 Å². The molecule has 1 N–H and O–H groups in total. The molecule has 2 heterocycles. The van der Waals surface area contributed by atoms with Crippen LogP contribution in [0.25, 0.3) is 0 Å². The molecule has 1 atom stereocenters. The monoisotopic (exact) mass is 272 g/mol. The van der Waals surface area contributed by atoms with Crippen LogP contribution in [0.4, 0.5) is 5.13 Å². The third-order valence-electron chi connectivity index (χ3n) is 2.44. The van der Waals surface area contributed by atoms with Gasteiger partial charge in [-0.3, -0.25) is 4.79 Å². The van der Waals surface area contributed by atoms with E-state index in [1.54, 1.807) is 11.3 Å². The summed E-state index contributed by atoms with van der Waals surface area (Å²) < 4.78 is 4.89. The summed E-state index contributed by atoms with van der Waals surface area (Å²) in [6, 6.07) is 0.529. The molecule has 0 aliphatic carbocycles. The minimum absolute atomic E-state index is 0.208. The highest BCUT2D eigenvalue weighted by atomic mass is 32.2. The van der Waals surface area contributed by atoms with Crippen molar-refractivity contribution in [3.8, 4) is 0 Å². The summed E-state index contributed by atoms with van der Waals surface area (Å²) in [5.74, 6) is 2.16. The Hall–Kier alpha value is -0.750. The number of ether oxygens (including phenoxy) is 1. The number of anilines is 1. The number of nitrogens with zero attached hydrogens (tertiary/aromatic N) is 1. The van der Waals surface area contributed by atoms with Gasteiger partial charge in [-0.2, -0.15) is 11.8 Å². The van der Waals surface area contributed by atoms with Gasteiger partial charge in [-0.15, -0.1) is 11.3 Å². The van der Waals surface area contributed by atoms with E-state index in [2.05, 4.69) is 10.3 Å². The third kappa shape index (κ3) is 3.89. The number of carbonyl (C=O) groups excluding carboxylic acids is 1. The SMILES string of the molecule is CCOC(=O)Cc1csc(NC2CCSC2)n1. The van der Waals surface area contributed by atoms with E-state index in [-0.39, 0.29) is 12.4 Å². The van der Waals surface area contributed by atoms with E-state index in [0.29, 0.717) is 12.6 Å². The maximum absolute atomic E-state index is 11.3. The first-order chi connectivity index (χ1) is 8.28. The molecule has 0 radical (unpaired) electrons. The first-order valence-electron chi connectivity index (χ1n) is 5.72. The number of hydrogen-bond acceptors (Lipinski definition) is 6. The Bertz CT molecular complexity index is 375. The number of esters is 1. The van der Waals surface area contributed by atoms with E-state index in [1.165, 1.54) is 12.2 Å². The van der Waals surface area contributed by atoms with E-state index in [9.17, 15) is 4.79 Å². The van der Waals surface area contributed by atoms with Crippen molar-refractivity contribution in [2.45, 2.75) is 25.8 Å². The van der Waals surface area contributed by atoms with Gasteiger partial charge in [0.05, 0.1) is 18.7 Å². The van der Waals surface area contributed by atoms with Gasteiger partial charge >= 0.3 is 5.97 Å². The summed E-state index contributed by atoms with van der Waals surface area (Å²) in [6.45, 7) is 2.23. The second kappa shape index (κ2) is 6.26. The van der Waals surface area contributed by atoms with Crippen LogP contribution >= 0.6 is 23.1 Å². The second-order valence-electron chi connectivity index (χ2n) is 3.83. The Labute approximate surface area is 109 Å². The predicted molar refractivity (Wildman–Crippen MR) is 71.8 cm³/mol. The summed E-state index contributed by atoms with van der Waals surface area (Å²) >= 11 is 3.52. The Morgan fingerprint density at radius 2 is 2.59 bits per heavy atom. The molecule has 17 heavy (non-hydrogen) atoms. The quantitative estimate of drug-likeness (QED) is 0.833. The molecule has 4 nitrogen and oxygen atoms in total. The fourth-order valence-corrected chi connectivity index (χ4v) is 3.58. The lowest BCUT2D eigenvalue weighted by Crippen LogP contribution is -2.17. The van der Waals surface area contributed by atoms with Crippen molar-refractivity contribution < 1.29 is 9.53 Å². The highest BCUT2D eigenvalue weighted by Gasteiger charge is 2.16. The number of carbonyl (C=O) groups is 1. The molecule has 1 unspecified atom stereocenters. The van der Waals surface area contributed by atoms with E-state index < -0.39 is 0 Å². The van der Waals surface area contributed by atoms with Gasteiger partial charge < -0.3 is 10.1 Å². The molecule has 0 spiro atoms. The van der Waals surface area contributed by atoms with Crippen molar-refractivity contribution in [2.24, 2.45) is 0 Å². The van der Waals surface area contributed by atoms with E-state index in [4.69, 9.17) is 4.74 Å². The molecular formula is C11H16N2O2S2. The summed E-state index contributed by atoms with van der Waals surface area (Å²) in [4.78, 5) is 15.7. The van der Waals surface area contributed by atoms with Crippen LogP contribution in [0, 0.1) is 0 Å². The summed E-state index contributed by atoms with van der Waals surface area (Å²) in [5, 5.41) is 6.23. The molecule has 0 bridgehead atoms. The van der Waals surface area contributed by atoms with Crippen LogP contribution in [-0.2, 0) is 16.0 Å². The van der Waals surface area contributed by atoms with Crippen molar-refractivity contribution in [3.63, 3.8) is 0 Å². The maximum atomic E-state index is 11.3. The lowest BCUT2D eigenvalue weighted by Gasteiger charge is -2.08. The minimum atomic E-state index is -0.208. The fourth-order valence-electron chi connectivity index (χ4n) is 1.64. The van der Waals surface area contributed by atoms with Gasteiger partial charge in [0.15, 0.2) is 5.13 Å². The largest absolute Gasteiger partial charge is 0.466 e. The maximum Gasteiger partial charge on any atom is 0.311 e. The molecule has 0 saturated carbocycles. The lowest BCUT2D eigenvalue weighted by atomic mass is 10.3. The second-order valence-corrected chi connectivity index (χ2v) is 5.84. The van der Waals surface area contributed by atoms with Crippen molar-refractivity contribution in [3.05, 3.63) is 11.1 Å². The Kier molecular flexibility index (Phi) is 4.67. The van der Waals surface area contributed by atoms with Gasteiger partial charge in [0.1, 0.15) is 0 Å². The molecule has 94 valence electrons. The van der Waals surface area contributed by atoms with Crippen LogP contribution in [0.1, 0.15) is 19.0 Å². The summed E-state index contributed by atoms with van der Waals surface area (Å²) in [6.07, 6.45) is 1.46. The molecule has 1 aliphatic heterocycles. The molecule has 1 aliphatic rings. The highest BCUT2D eigenvalue weighted by Crippen LogP contribution is 2.23. The van der Waals surface area contributed by atoms with Crippen LogP contribution in [0.5, 0.6) is 0 Å². The average molecular weight is 272 g/mol. The smallest absolute Gasteiger partial charge is 0.311 e. The molecular weight excluding hydrogens is 256 g/mol. The first kappa shape index (κ1) is 12.7. The topological polar surface area (TPSA) is 51.2 Å². The first-order valence-corrected chi connectivity index (χ1v) is 7.75. The van der Waals surface area contributed by atoms with Crippen molar-refractivity contribution in [2.75, 3.05) is 23.4 Å². The summed E-state index contributed by atoms with van der Waals surface area (Å²) in [5.41, 5.74) is 0.793. The molecule has 1 aromatic rings. The molecule has 1 fully saturated rings. The zero-order valence-electron chi connectivity index (χ0n) is 9.77. The van der Waals surface area contributed by atoms with Gasteiger partial charge in [0.25, 0.3) is 0 Å². The van der Waals surface area contributed by atoms with E-state index in [1.807, 2.05) is 24.1 Å². The van der Waals surface area contributed by atoms with Crippen LogP contribution in [0.15, 0.2) is 5.38 Å². The van der Waals surface area contributed by atoms with Crippen molar-refractivity contribution in [1.82, 2.24) is 4.98 Å². The number of hydrogen-bond donors (Lipinski definition) is 1. The van der Waals surface area contributed by atoms with Crippen molar-refractivity contribution >= 4 is 34.2 Å². The van der Waals surface area contributed by atoms with E-state index >= 15 is 0 Å². The number of aromatic nitrogens is 1. The molecule has 6 heteroatoms. The Balaban J connectivity index is 1.84. The predicted octanol–water partition coefficient (Wildman–Crippen LogP) is 2.17. The molecule has 1 aromatic heterocycles.